The summed E-state index contributed by atoms with van der Waals surface area (Å²) in [7, 11) is 0. The van der Waals surface area contributed by atoms with Crippen LogP contribution >= 0.6 is 12.4 Å². The summed E-state index contributed by atoms with van der Waals surface area (Å²) in [6.45, 7) is 5.40. The number of nitrogens with two attached hydrogens (primary N) is 1. The van der Waals surface area contributed by atoms with Crippen molar-refractivity contribution in [1.29, 1.82) is 0 Å². The molecular formula is C17H23ClF2N2O. The van der Waals surface area contributed by atoms with Crippen LogP contribution in [-0.2, 0) is 4.79 Å². The molecule has 0 radical (unpaired) electrons. The van der Waals surface area contributed by atoms with Crippen molar-refractivity contribution in [2.45, 2.75) is 38.6 Å². The van der Waals surface area contributed by atoms with Crippen LogP contribution in [-0.4, -0.2) is 29.9 Å². The van der Waals surface area contributed by atoms with Crippen molar-refractivity contribution in [3.8, 4) is 0 Å². The lowest BCUT2D eigenvalue weighted by Gasteiger charge is -2.42. The van der Waals surface area contributed by atoms with Crippen LogP contribution in [0.15, 0.2) is 18.2 Å². The molecule has 1 heterocycles. The minimum Gasteiger partial charge on any atom is -0.342 e. The number of likely N-dealkylation sites (tertiary alicyclic amines) is 1. The normalized spacial score (nSPS) is 28.9. The molecule has 1 aromatic rings. The van der Waals surface area contributed by atoms with Gasteiger partial charge in [0, 0.05) is 25.0 Å². The zero-order valence-electron chi connectivity index (χ0n) is 13.4. The van der Waals surface area contributed by atoms with Crippen molar-refractivity contribution in [1.82, 2.24) is 4.90 Å². The number of nitrogens with zero attached hydrogens (tertiary/aromatic N) is 1. The highest BCUT2D eigenvalue weighted by atomic mass is 35.5. The second-order valence-corrected chi connectivity index (χ2v) is 7.26. The molecule has 0 aromatic heterocycles. The van der Waals surface area contributed by atoms with E-state index in [9.17, 15) is 13.6 Å². The number of amides is 1. The van der Waals surface area contributed by atoms with E-state index in [1.54, 1.807) is 0 Å². The van der Waals surface area contributed by atoms with Crippen LogP contribution in [0, 0.1) is 23.0 Å². The summed E-state index contributed by atoms with van der Waals surface area (Å²) in [5.74, 6) is -1.25. The topological polar surface area (TPSA) is 46.3 Å². The number of piperidine rings is 1. The molecule has 128 valence electrons. The smallest absolute Gasteiger partial charge is 0.226 e. The molecule has 1 saturated heterocycles. The summed E-state index contributed by atoms with van der Waals surface area (Å²) < 4.78 is 27.1. The zero-order chi connectivity index (χ0) is 16.1. The summed E-state index contributed by atoms with van der Waals surface area (Å²) in [5.41, 5.74) is 6.31. The molecule has 0 bridgehead atoms. The standard InChI is InChI=1S/C17H22F2N2O.ClH/c1-17(2)9-21(6-5-15(17)20)16(22)13-8-11(13)12-7-10(18)3-4-14(12)19;/h3-4,7,11,13,15H,5-6,8-9,20H2,1-2H3;1H. The fourth-order valence-electron chi connectivity index (χ4n) is 3.41. The minimum absolute atomic E-state index is 0. The zero-order valence-corrected chi connectivity index (χ0v) is 14.2. The van der Waals surface area contributed by atoms with Gasteiger partial charge >= 0.3 is 0 Å². The molecule has 0 spiro atoms. The van der Waals surface area contributed by atoms with E-state index >= 15 is 0 Å². The van der Waals surface area contributed by atoms with E-state index in [-0.39, 0.29) is 41.6 Å². The average molecular weight is 345 g/mol. The van der Waals surface area contributed by atoms with Crippen molar-refractivity contribution in [2.24, 2.45) is 17.1 Å². The fourth-order valence-corrected chi connectivity index (χ4v) is 3.41. The highest BCUT2D eigenvalue weighted by molar-refractivity contribution is 5.85. The van der Waals surface area contributed by atoms with E-state index < -0.39 is 11.6 Å². The second-order valence-electron chi connectivity index (χ2n) is 7.26. The molecule has 1 amide bonds. The molecule has 2 fully saturated rings. The molecular weight excluding hydrogens is 322 g/mol. The third-order valence-electron chi connectivity index (χ3n) is 5.09. The van der Waals surface area contributed by atoms with E-state index in [4.69, 9.17) is 5.73 Å². The maximum absolute atomic E-state index is 13.8. The van der Waals surface area contributed by atoms with Crippen molar-refractivity contribution in [2.75, 3.05) is 13.1 Å². The Morgan fingerprint density at radius 1 is 1.35 bits per heavy atom. The summed E-state index contributed by atoms with van der Waals surface area (Å²) >= 11 is 0. The van der Waals surface area contributed by atoms with E-state index in [0.717, 1.165) is 18.6 Å². The quantitative estimate of drug-likeness (QED) is 0.896. The Labute approximate surface area is 141 Å². The summed E-state index contributed by atoms with van der Waals surface area (Å²) in [6, 6.07) is 3.54. The van der Waals surface area contributed by atoms with Crippen molar-refractivity contribution >= 4 is 18.3 Å². The monoisotopic (exact) mass is 344 g/mol. The minimum atomic E-state index is -0.459. The van der Waals surface area contributed by atoms with Gasteiger partial charge in [0.1, 0.15) is 11.6 Å². The lowest BCUT2D eigenvalue weighted by Crippen LogP contribution is -2.54. The SMILES string of the molecule is CC1(C)CN(C(=O)C2CC2c2cc(F)ccc2F)CCC1N.Cl. The first-order valence-corrected chi connectivity index (χ1v) is 7.79. The van der Waals surface area contributed by atoms with Crippen LogP contribution in [0.2, 0.25) is 0 Å². The van der Waals surface area contributed by atoms with Crippen LogP contribution < -0.4 is 5.73 Å². The van der Waals surface area contributed by atoms with Gasteiger partial charge in [-0.05, 0) is 47.9 Å². The first-order valence-electron chi connectivity index (χ1n) is 7.79. The Balaban J connectivity index is 0.00000192. The number of hydrogen-bond acceptors (Lipinski definition) is 2. The summed E-state index contributed by atoms with van der Waals surface area (Å²) in [5, 5.41) is 0. The van der Waals surface area contributed by atoms with Crippen LogP contribution in [0.3, 0.4) is 0 Å². The van der Waals surface area contributed by atoms with Gasteiger partial charge in [0.15, 0.2) is 0 Å². The van der Waals surface area contributed by atoms with Gasteiger partial charge < -0.3 is 10.6 Å². The molecule has 3 nitrogen and oxygen atoms in total. The molecule has 2 N–H and O–H groups in total. The average Bonchev–Trinajstić information content (AvgIpc) is 3.24. The molecule has 1 aromatic carbocycles. The number of rotatable bonds is 2. The van der Waals surface area contributed by atoms with Gasteiger partial charge in [0.05, 0.1) is 0 Å². The van der Waals surface area contributed by atoms with Crippen LogP contribution in [0.25, 0.3) is 0 Å². The Kier molecular flexibility index (Phi) is 5.02. The van der Waals surface area contributed by atoms with Gasteiger partial charge in [0.25, 0.3) is 0 Å². The number of carbonyl (C=O) groups is 1. The van der Waals surface area contributed by atoms with E-state index in [1.807, 2.05) is 4.90 Å². The summed E-state index contributed by atoms with van der Waals surface area (Å²) in [4.78, 5) is 14.4. The highest BCUT2D eigenvalue weighted by Crippen LogP contribution is 2.50. The van der Waals surface area contributed by atoms with Crippen molar-refractivity contribution < 1.29 is 13.6 Å². The van der Waals surface area contributed by atoms with Gasteiger partial charge in [-0.3, -0.25) is 4.79 Å². The molecule has 3 rings (SSSR count). The van der Waals surface area contributed by atoms with Gasteiger partial charge in [-0.25, -0.2) is 8.78 Å². The van der Waals surface area contributed by atoms with Gasteiger partial charge in [-0.2, -0.15) is 0 Å². The molecule has 1 saturated carbocycles. The van der Waals surface area contributed by atoms with E-state index in [0.29, 0.717) is 25.1 Å². The maximum Gasteiger partial charge on any atom is 0.226 e. The Morgan fingerprint density at radius 3 is 2.70 bits per heavy atom. The molecule has 3 atom stereocenters. The number of hydrogen-bond donors (Lipinski definition) is 1. The second kappa shape index (κ2) is 6.36. The largest absolute Gasteiger partial charge is 0.342 e. The number of carbonyl (C=O) groups excluding carboxylic acids is 1. The lowest BCUT2D eigenvalue weighted by atomic mass is 9.79. The molecule has 2 aliphatic rings. The molecule has 3 unspecified atom stereocenters. The van der Waals surface area contributed by atoms with Crippen LogP contribution in [0.5, 0.6) is 0 Å². The van der Waals surface area contributed by atoms with Gasteiger partial charge in [0.2, 0.25) is 5.91 Å². The molecule has 6 heteroatoms. The van der Waals surface area contributed by atoms with Gasteiger partial charge in [-0.15, -0.1) is 12.4 Å². The maximum atomic E-state index is 13.8. The van der Waals surface area contributed by atoms with E-state index in [1.165, 1.54) is 6.07 Å². The molecule has 1 aliphatic carbocycles. The Morgan fingerprint density at radius 2 is 2.04 bits per heavy atom. The highest BCUT2D eigenvalue weighted by Gasteiger charge is 2.48. The predicted octanol–water partition coefficient (Wildman–Crippen LogP) is 3.08. The van der Waals surface area contributed by atoms with Crippen molar-refractivity contribution in [3.05, 3.63) is 35.4 Å². The predicted molar refractivity (Wildman–Crippen MR) is 87.4 cm³/mol. The lowest BCUT2D eigenvalue weighted by molar-refractivity contribution is -0.136. The first kappa shape index (κ1) is 18.1. The summed E-state index contributed by atoms with van der Waals surface area (Å²) in [6.07, 6.45) is 1.38. The van der Waals surface area contributed by atoms with Crippen molar-refractivity contribution in [3.63, 3.8) is 0 Å². The first-order chi connectivity index (χ1) is 10.3. The number of benzene rings is 1. The van der Waals surface area contributed by atoms with E-state index in [2.05, 4.69) is 13.8 Å². The Hall–Kier alpha value is -1.20. The third kappa shape index (κ3) is 3.50. The fraction of sp³-hybridized carbons (Fsp3) is 0.588. The number of halogens is 3. The molecule has 23 heavy (non-hydrogen) atoms. The van der Waals surface area contributed by atoms with Crippen LogP contribution in [0.1, 0.15) is 38.2 Å². The Bertz CT molecular complexity index is 608. The van der Waals surface area contributed by atoms with Gasteiger partial charge in [-0.1, -0.05) is 13.8 Å². The molecule has 1 aliphatic heterocycles. The van der Waals surface area contributed by atoms with Crippen LogP contribution in [0.4, 0.5) is 8.78 Å². The third-order valence-corrected chi connectivity index (χ3v) is 5.09.